The number of aromatic amines is 1. The van der Waals surface area contributed by atoms with Crippen molar-refractivity contribution in [1.29, 1.82) is 0 Å². The van der Waals surface area contributed by atoms with Crippen molar-refractivity contribution in [2.24, 2.45) is 0 Å². The molecule has 132 valence electrons. The van der Waals surface area contributed by atoms with E-state index in [4.69, 9.17) is 16.7 Å². The number of carbonyl (C=O) groups is 2. The Labute approximate surface area is 153 Å². The van der Waals surface area contributed by atoms with Crippen molar-refractivity contribution in [3.63, 3.8) is 0 Å². The van der Waals surface area contributed by atoms with Gasteiger partial charge in [-0.1, -0.05) is 23.7 Å². The molecule has 0 spiro atoms. The lowest BCUT2D eigenvalue weighted by molar-refractivity contribution is 0.0695. The number of fused-ring (bicyclic) bond motifs is 1. The van der Waals surface area contributed by atoms with Gasteiger partial charge in [0.1, 0.15) is 5.56 Å². The molecular weight excluding hydrogens is 356 g/mol. The second-order valence-corrected chi connectivity index (χ2v) is 6.27. The second-order valence-electron chi connectivity index (χ2n) is 5.84. The third kappa shape index (κ3) is 3.60. The Kier molecular flexibility index (Phi) is 4.77. The summed E-state index contributed by atoms with van der Waals surface area (Å²) in [6.07, 6.45) is 0. The second kappa shape index (κ2) is 7.01. The van der Waals surface area contributed by atoms with Crippen LogP contribution in [0.5, 0.6) is 0 Å². The number of rotatable bonds is 5. The molecule has 3 rings (SSSR count). The van der Waals surface area contributed by atoms with E-state index in [-0.39, 0.29) is 11.3 Å². The Hall–Kier alpha value is -3.12. The highest BCUT2D eigenvalue weighted by molar-refractivity contribution is 6.31. The van der Waals surface area contributed by atoms with Crippen molar-refractivity contribution >= 4 is 39.9 Å². The molecule has 3 N–H and O–H groups in total. The summed E-state index contributed by atoms with van der Waals surface area (Å²) in [6, 6.07) is 11.7. The molecule has 7 heteroatoms. The first-order valence-electron chi connectivity index (χ1n) is 7.79. The van der Waals surface area contributed by atoms with Gasteiger partial charge in [-0.25, -0.2) is 4.79 Å². The maximum absolute atomic E-state index is 12.0. The van der Waals surface area contributed by atoms with Crippen molar-refractivity contribution in [2.75, 3.05) is 5.32 Å². The lowest BCUT2D eigenvalue weighted by atomic mass is 10.1. The standard InChI is InChI=1S/C19H15ClN2O4/c1-10(23)11-3-2-4-15(7-11)21-9-13-6-14(20)5-12-8-16(19(25)26)18(24)22-17(12)13/h2-8,21H,9H2,1H3,(H,22,24)(H,25,26). The predicted molar refractivity (Wildman–Crippen MR) is 100 cm³/mol. The number of carboxylic acid groups (broad SMARTS) is 1. The van der Waals surface area contributed by atoms with Crippen LogP contribution in [0.15, 0.2) is 47.3 Å². The number of carbonyl (C=O) groups excluding carboxylic acids is 1. The molecule has 3 aromatic rings. The lowest BCUT2D eigenvalue weighted by Gasteiger charge is -2.11. The molecule has 1 aromatic heterocycles. The van der Waals surface area contributed by atoms with Crippen LogP contribution in [0.3, 0.4) is 0 Å². The molecule has 0 aliphatic carbocycles. The van der Waals surface area contributed by atoms with Crippen molar-refractivity contribution in [1.82, 2.24) is 4.98 Å². The zero-order chi connectivity index (χ0) is 18.8. The van der Waals surface area contributed by atoms with Gasteiger partial charge in [-0.2, -0.15) is 0 Å². The average Bonchev–Trinajstić information content (AvgIpc) is 2.59. The Morgan fingerprint density at radius 3 is 2.65 bits per heavy atom. The number of hydrogen-bond acceptors (Lipinski definition) is 4. The summed E-state index contributed by atoms with van der Waals surface area (Å²) in [6.45, 7) is 1.83. The molecule has 0 unspecified atom stereocenters. The van der Waals surface area contributed by atoms with Crippen molar-refractivity contribution in [2.45, 2.75) is 13.5 Å². The molecule has 0 fully saturated rings. The van der Waals surface area contributed by atoms with Gasteiger partial charge >= 0.3 is 5.97 Å². The number of pyridine rings is 1. The van der Waals surface area contributed by atoms with Crippen LogP contribution >= 0.6 is 11.6 Å². The highest BCUT2D eigenvalue weighted by Crippen LogP contribution is 2.23. The molecule has 0 bridgehead atoms. The molecule has 2 aromatic carbocycles. The number of benzene rings is 2. The number of aromatic carboxylic acids is 1. The molecule has 0 saturated carbocycles. The Bertz CT molecular complexity index is 1090. The first-order valence-corrected chi connectivity index (χ1v) is 8.16. The van der Waals surface area contributed by atoms with Crippen LogP contribution in [0.1, 0.15) is 33.2 Å². The topological polar surface area (TPSA) is 99.3 Å². The molecule has 0 aliphatic heterocycles. The summed E-state index contributed by atoms with van der Waals surface area (Å²) in [5.41, 5.74) is 1.54. The summed E-state index contributed by atoms with van der Waals surface area (Å²) in [7, 11) is 0. The average molecular weight is 371 g/mol. The minimum absolute atomic E-state index is 0.0348. The van der Waals surface area contributed by atoms with Gasteiger partial charge in [-0.15, -0.1) is 0 Å². The quantitative estimate of drug-likeness (QED) is 0.595. The fraction of sp³-hybridized carbons (Fsp3) is 0.105. The van der Waals surface area contributed by atoms with Crippen LogP contribution in [0, 0.1) is 0 Å². The summed E-state index contributed by atoms with van der Waals surface area (Å²) in [5, 5.41) is 13.2. The van der Waals surface area contributed by atoms with E-state index < -0.39 is 11.5 Å². The molecule has 6 nitrogen and oxygen atoms in total. The lowest BCUT2D eigenvalue weighted by Crippen LogP contribution is -2.17. The molecule has 0 amide bonds. The molecule has 0 atom stereocenters. The minimum Gasteiger partial charge on any atom is -0.477 e. The van der Waals surface area contributed by atoms with Gasteiger partial charge in [-0.05, 0) is 42.8 Å². The van der Waals surface area contributed by atoms with E-state index in [1.165, 1.54) is 13.0 Å². The van der Waals surface area contributed by atoms with Gasteiger partial charge < -0.3 is 15.4 Å². The first-order chi connectivity index (χ1) is 12.3. The minimum atomic E-state index is -1.30. The zero-order valence-electron chi connectivity index (χ0n) is 13.8. The molecule has 0 saturated heterocycles. The number of aromatic nitrogens is 1. The van der Waals surface area contributed by atoms with E-state index in [0.717, 1.165) is 5.69 Å². The van der Waals surface area contributed by atoms with Gasteiger partial charge in [0.15, 0.2) is 5.78 Å². The number of hydrogen-bond donors (Lipinski definition) is 3. The maximum atomic E-state index is 12.0. The van der Waals surface area contributed by atoms with Crippen LogP contribution in [0.25, 0.3) is 10.9 Å². The summed E-state index contributed by atoms with van der Waals surface area (Å²) < 4.78 is 0. The van der Waals surface area contributed by atoms with E-state index in [1.807, 2.05) is 6.07 Å². The normalized spacial score (nSPS) is 10.7. The SMILES string of the molecule is CC(=O)c1cccc(NCc2cc(Cl)cc3cc(C(=O)O)c(=O)[nH]c23)c1. The first kappa shape index (κ1) is 17.7. The number of nitrogens with one attached hydrogen (secondary N) is 2. The zero-order valence-corrected chi connectivity index (χ0v) is 14.6. The monoisotopic (exact) mass is 370 g/mol. The fourth-order valence-electron chi connectivity index (χ4n) is 2.70. The van der Waals surface area contributed by atoms with Crippen LogP contribution in [0.2, 0.25) is 5.02 Å². The van der Waals surface area contributed by atoms with E-state index in [2.05, 4.69) is 10.3 Å². The number of carboxylic acids is 1. The number of Topliss-reactive ketones (excluding diaryl/α,β-unsaturated/α-hetero) is 1. The predicted octanol–water partition coefficient (Wildman–Crippen LogP) is 3.69. The number of H-pyrrole nitrogens is 1. The van der Waals surface area contributed by atoms with Crippen molar-refractivity contribution < 1.29 is 14.7 Å². The van der Waals surface area contributed by atoms with E-state index in [1.54, 1.807) is 30.3 Å². The Morgan fingerprint density at radius 2 is 1.96 bits per heavy atom. The smallest absolute Gasteiger partial charge is 0.341 e. The molecule has 0 aliphatic rings. The van der Waals surface area contributed by atoms with Crippen molar-refractivity contribution in [3.05, 3.63) is 74.5 Å². The van der Waals surface area contributed by atoms with Gasteiger partial charge in [0.25, 0.3) is 5.56 Å². The fourth-order valence-corrected chi connectivity index (χ4v) is 2.95. The third-order valence-corrected chi connectivity index (χ3v) is 4.20. The van der Waals surface area contributed by atoms with E-state index in [0.29, 0.717) is 33.6 Å². The van der Waals surface area contributed by atoms with Gasteiger partial charge in [0, 0.05) is 28.2 Å². The molecule has 26 heavy (non-hydrogen) atoms. The Balaban J connectivity index is 1.98. The van der Waals surface area contributed by atoms with Gasteiger partial charge in [0.2, 0.25) is 0 Å². The molecule has 0 radical (unpaired) electrons. The van der Waals surface area contributed by atoms with Crippen LogP contribution in [0.4, 0.5) is 5.69 Å². The molecule has 1 heterocycles. The summed E-state index contributed by atoms with van der Waals surface area (Å²) >= 11 is 6.13. The number of ketones is 1. The maximum Gasteiger partial charge on any atom is 0.341 e. The van der Waals surface area contributed by atoms with Crippen LogP contribution < -0.4 is 10.9 Å². The van der Waals surface area contributed by atoms with E-state index >= 15 is 0 Å². The van der Waals surface area contributed by atoms with Crippen LogP contribution in [-0.2, 0) is 6.54 Å². The summed E-state index contributed by atoms with van der Waals surface area (Å²) in [5.74, 6) is -1.33. The highest BCUT2D eigenvalue weighted by Gasteiger charge is 2.13. The van der Waals surface area contributed by atoms with Gasteiger partial charge in [-0.3, -0.25) is 9.59 Å². The highest BCUT2D eigenvalue weighted by atomic mass is 35.5. The third-order valence-electron chi connectivity index (χ3n) is 3.98. The van der Waals surface area contributed by atoms with Crippen molar-refractivity contribution in [3.8, 4) is 0 Å². The Morgan fingerprint density at radius 1 is 1.19 bits per heavy atom. The largest absolute Gasteiger partial charge is 0.477 e. The number of halogens is 1. The summed E-state index contributed by atoms with van der Waals surface area (Å²) in [4.78, 5) is 37.2. The van der Waals surface area contributed by atoms with Crippen LogP contribution in [-0.4, -0.2) is 21.8 Å². The number of anilines is 1. The molecular formula is C19H15ClN2O4. The van der Waals surface area contributed by atoms with E-state index in [9.17, 15) is 14.4 Å². The van der Waals surface area contributed by atoms with Gasteiger partial charge in [0.05, 0.1) is 5.52 Å².